The Bertz CT molecular complexity index is 747. The molecule has 2 rings (SSSR count). The summed E-state index contributed by atoms with van der Waals surface area (Å²) in [5, 5.41) is 6.03. The van der Waals surface area contributed by atoms with Gasteiger partial charge in [0.2, 0.25) is 0 Å². The molecule has 5 nitrogen and oxygen atoms in total. The average Bonchev–Trinajstić information content (AvgIpc) is 2.53. The number of anilines is 1. The fraction of sp³-hybridized carbons (Fsp3) is 0.222. The minimum absolute atomic E-state index is 0.0502. The van der Waals surface area contributed by atoms with Crippen molar-refractivity contribution in [2.45, 2.75) is 13.8 Å². The molecule has 0 unspecified atom stereocenters. The molecule has 0 aromatic heterocycles. The van der Waals surface area contributed by atoms with Crippen molar-refractivity contribution in [3.8, 4) is 5.75 Å². The third-order valence-corrected chi connectivity index (χ3v) is 3.54. The van der Waals surface area contributed by atoms with Crippen molar-refractivity contribution in [3.63, 3.8) is 0 Å². The molecule has 2 amide bonds. The Morgan fingerprint density at radius 2 is 1.96 bits per heavy atom. The van der Waals surface area contributed by atoms with E-state index in [4.69, 9.17) is 16.3 Å². The summed E-state index contributed by atoms with van der Waals surface area (Å²) in [5.74, 6) is 0.682. The van der Waals surface area contributed by atoms with Crippen molar-refractivity contribution in [3.05, 3.63) is 58.6 Å². The lowest BCUT2D eigenvalue weighted by atomic mass is 10.1. The van der Waals surface area contributed by atoms with Crippen LogP contribution in [0.2, 0.25) is 5.02 Å². The third-order valence-electron chi connectivity index (χ3n) is 3.31. The second-order valence-corrected chi connectivity index (χ2v) is 5.71. The molecule has 6 heteroatoms. The number of ether oxygens (including phenoxy) is 1. The van der Waals surface area contributed by atoms with E-state index in [0.29, 0.717) is 29.4 Å². The SMILES string of the molecule is CC(=O)c1cccc(NC(=O)NCCOc2ccc(Cl)cc2C)c1. The first-order valence-corrected chi connectivity index (χ1v) is 7.88. The van der Waals surface area contributed by atoms with Gasteiger partial charge in [-0.1, -0.05) is 23.7 Å². The second-order valence-electron chi connectivity index (χ2n) is 5.28. The van der Waals surface area contributed by atoms with Crippen molar-refractivity contribution in [2.75, 3.05) is 18.5 Å². The van der Waals surface area contributed by atoms with Crippen LogP contribution in [0.25, 0.3) is 0 Å². The molecule has 2 aromatic carbocycles. The Morgan fingerprint density at radius 3 is 2.67 bits per heavy atom. The zero-order valence-electron chi connectivity index (χ0n) is 13.6. The van der Waals surface area contributed by atoms with Crippen LogP contribution in [0.4, 0.5) is 10.5 Å². The number of carbonyl (C=O) groups excluding carboxylic acids is 2. The fourth-order valence-corrected chi connectivity index (χ4v) is 2.32. The normalized spacial score (nSPS) is 10.1. The number of benzene rings is 2. The predicted molar refractivity (Wildman–Crippen MR) is 95.2 cm³/mol. The highest BCUT2D eigenvalue weighted by Crippen LogP contribution is 2.21. The van der Waals surface area contributed by atoms with Gasteiger partial charge in [0.25, 0.3) is 0 Å². The van der Waals surface area contributed by atoms with Gasteiger partial charge in [-0.15, -0.1) is 0 Å². The van der Waals surface area contributed by atoms with E-state index in [1.54, 1.807) is 36.4 Å². The Kier molecular flexibility index (Phi) is 6.21. The van der Waals surface area contributed by atoms with Crippen LogP contribution in [0, 0.1) is 6.92 Å². The first-order valence-electron chi connectivity index (χ1n) is 7.50. The van der Waals surface area contributed by atoms with E-state index in [9.17, 15) is 9.59 Å². The molecule has 0 radical (unpaired) electrons. The molecule has 0 aliphatic rings. The van der Waals surface area contributed by atoms with Crippen molar-refractivity contribution >= 4 is 29.1 Å². The lowest BCUT2D eigenvalue weighted by molar-refractivity contribution is 0.101. The molecule has 0 bridgehead atoms. The maximum Gasteiger partial charge on any atom is 0.319 e. The van der Waals surface area contributed by atoms with Crippen LogP contribution in [0.5, 0.6) is 5.75 Å². The summed E-state index contributed by atoms with van der Waals surface area (Å²) in [6.07, 6.45) is 0. The molecule has 0 aliphatic heterocycles. The highest BCUT2D eigenvalue weighted by molar-refractivity contribution is 6.30. The standard InChI is InChI=1S/C18H19ClN2O3/c1-12-10-15(19)6-7-17(12)24-9-8-20-18(23)21-16-5-3-4-14(11-16)13(2)22/h3-7,10-11H,8-9H2,1-2H3,(H2,20,21,23). The van der Waals surface area contributed by atoms with Crippen LogP contribution in [0.1, 0.15) is 22.8 Å². The number of hydrogen-bond acceptors (Lipinski definition) is 3. The first kappa shape index (κ1) is 17.8. The van der Waals surface area contributed by atoms with Gasteiger partial charge in [0.1, 0.15) is 12.4 Å². The third kappa shape index (κ3) is 5.28. The molecular formula is C18H19ClN2O3. The Labute approximate surface area is 146 Å². The number of Topliss-reactive ketones (excluding diaryl/α,β-unsaturated/α-hetero) is 1. The average molecular weight is 347 g/mol. The summed E-state index contributed by atoms with van der Waals surface area (Å²) in [6, 6.07) is 11.8. The van der Waals surface area contributed by atoms with E-state index in [1.807, 2.05) is 13.0 Å². The molecule has 2 aromatic rings. The lowest BCUT2D eigenvalue weighted by Crippen LogP contribution is -2.32. The highest BCUT2D eigenvalue weighted by atomic mass is 35.5. The number of rotatable bonds is 6. The number of urea groups is 1. The largest absolute Gasteiger partial charge is 0.491 e. The van der Waals surface area contributed by atoms with Gasteiger partial charge >= 0.3 is 6.03 Å². The van der Waals surface area contributed by atoms with E-state index in [2.05, 4.69) is 10.6 Å². The summed E-state index contributed by atoms with van der Waals surface area (Å²) < 4.78 is 5.60. The molecular weight excluding hydrogens is 328 g/mol. The van der Waals surface area contributed by atoms with Gasteiger partial charge in [0, 0.05) is 16.3 Å². The predicted octanol–water partition coefficient (Wildman–Crippen LogP) is 4.05. The van der Waals surface area contributed by atoms with Crippen LogP contribution in [0.3, 0.4) is 0 Å². The minimum atomic E-state index is -0.355. The summed E-state index contributed by atoms with van der Waals surface area (Å²) in [6.45, 7) is 4.07. The summed E-state index contributed by atoms with van der Waals surface area (Å²) in [7, 11) is 0. The molecule has 0 fully saturated rings. The second kappa shape index (κ2) is 8.36. The molecule has 0 heterocycles. The van der Waals surface area contributed by atoms with E-state index in [0.717, 1.165) is 11.3 Å². The quantitative estimate of drug-likeness (QED) is 0.612. The topological polar surface area (TPSA) is 67.4 Å². The lowest BCUT2D eigenvalue weighted by Gasteiger charge is -2.11. The van der Waals surface area contributed by atoms with Gasteiger partial charge in [-0.25, -0.2) is 4.79 Å². The highest BCUT2D eigenvalue weighted by Gasteiger charge is 2.05. The smallest absolute Gasteiger partial charge is 0.319 e. The Hall–Kier alpha value is -2.53. The van der Waals surface area contributed by atoms with Gasteiger partial charge < -0.3 is 15.4 Å². The number of hydrogen-bond donors (Lipinski definition) is 2. The molecule has 0 aliphatic carbocycles. The van der Waals surface area contributed by atoms with Gasteiger partial charge in [-0.05, 0) is 49.7 Å². The van der Waals surface area contributed by atoms with Crippen LogP contribution >= 0.6 is 11.6 Å². The molecule has 24 heavy (non-hydrogen) atoms. The van der Waals surface area contributed by atoms with Gasteiger partial charge in [-0.2, -0.15) is 0 Å². The minimum Gasteiger partial charge on any atom is -0.491 e. The van der Waals surface area contributed by atoms with Crippen LogP contribution in [0.15, 0.2) is 42.5 Å². The van der Waals surface area contributed by atoms with E-state index >= 15 is 0 Å². The van der Waals surface area contributed by atoms with Crippen LogP contribution in [-0.2, 0) is 0 Å². The van der Waals surface area contributed by atoms with Crippen LogP contribution < -0.4 is 15.4 Å². The van der Waals surface area contributed by atoms with Gasteiger partial charge in [-0.3, -0.25) is 4.79 Å². The summed E-state index contributed by atoms with van der Waals surface area (Å²) in [5.41, 5.74) is 2.05. The zero-order valence-corrected chi connectivity index (χ0v) is 14.3. The van der Waals surface area contributed by atoms with Gasteiger partial charge in [0.05, 0.1) is 6.54 Å². The molecule has 2 N–H and O–H groups in total. The molecule has 0 saturated carbocycles. The first-order chi connectivity index (χ1) is 11.5. The Morgan fingerprint density at radius 1 is 1.17 bits per heavy atom. The monoisotopic (exact) mass is 346 g/mol. The maximum atomic E-state index is 11.8. The number of halogens is 1. The number of ketones is 1. The van der Waals surface area contributed by atoms with Gasteiger partial charge in [0.15, 0.2) is 5.78 Å². The summed E-state index contributed by atoms with van der Waals surface area (Å²) in [4.78, 5) is 23.2. The molecule has 126 valence electrons. The number of carbonyl (C=O) groups is 2. The Balaban J connectivity index is 1.77. The zero-order chi connectivity index (χ0) is 17.5. The molecule has 0 spiro atoms. The number of amides is 2. The van der Waals surface area contributed by atoms with E-state index in [1.165, 1.54) is 6.92 Å². The van der Waals surface area contributed by atoms with Crippen LogP contribution in [-0.4, -0.2) is 25.0 Å². The summed E-state index contributed by atoms with van der Waals surface area (Å²) >= 11 is 5.89. The van der Waals surface area contributed by atoms with E-state index < -0.39 is 0 Å². The van der Waals surface area contributed by atoms with Crippen molar-refractivity contribution in [1.29, 1.82) is 0 Å². The van der Waals surface area contributed by atoms with E-state index in [-0.39, 0.29) is 11.8 Å². The number of aryl methyl sites for hydroxylation is 1. The van der Waals surface area contributed by atoms with Crippen molar-refractivity contribution in [1.82, 2.24) is 5.32 Å². The van der Waals surface area contributed by atoms with Crippen molar-refractivity contribution in [2.24, 2.45) is 0 Å². The number of nitrogens with one attached hydrogen (secondary N) is 2. The maximum absolute atomic E-state index is 11.8. The van der Waals surface area contributed by atoms with Crippen molar-refractivity contribution < 1.29 is 14.3 Å². The molecule has 0 atom stereocenters. The molecule has 0 saturated heterocycles. The fourth-order valence-electron chi connectivity index (χ4n) is 2.09.